The molecule has 0 radical (unpaired) electrons. The second-order valence-corrected chi connectivity index (χ2v) is 5.04. The van der Waals surface area contributed by atoms with Gasteiger partial charge in [0.15, 0.2) is 0 Å². The summed E-state index contributed by atoms with van der Waals surface area (Å²) in [7, 11) is 0. The summed E-state index contributed by atoms with van der Waals surface area (Å²) < 4.78 is 5.19. The van der Waals surface area contributed by atoms with E-state index in [4.69, 9.17) is 9.84 Å². The molecule has 0 aliphatic carbocycles. The van der Waals surface area contributed by atoms with Gasteiger partial charge in [-0.25, -0.2) is 0 Å². The average Bonchev–Trinajstić information content (AvgIpc) is 2.24. The van der Waals surface area contributed by atoms with Gasteiger partial charge in [-0.05, 0) is 33.6 Å². The Morgan fingerprint density at radius 2 is 2.06 bits per heavy atom. The molecule has 18 heavy (non-hydrogen) atoms. The van der Waals surface area contributed by atoms with E-state index in [1.54, 1.807) is 0 Å². The van der Waals surface area contributed by atoms with E-state index in [-0.39, 0.29) is 12.6 Å². The van der Waals surface area contributed by atoms with Crippen molar-refractivity contribution in [1.82, 2.24) is 0 Å². The molecule has 0 atom stereocenters. The first-order valence-electron chi connectivity index (χ1n) is 6.39. The molecule has 102 valence electrons. The van der Waals surface area contributed by atoms with Crippen molar-refractivity contribution in [1.29, 1.82) is 0 Å². The second-order valence-electron chi connectivity index (χ2n) is 5.04. The predicted octanol–water partition coefficient (Wildman–Crippen LogP) is 2.83. The van der Waals surface area contributed by atoms with E-state index in [1.807, 2.05) is 33.8 Å². The highest BCUT2D eigenvalue weighted by Gasteiger charge is 2.15. The van der Waals surface area contributed by atoms with Crippen LogP contribution in [0.4, 0.5) is 0 Å². The highest BCUT2D eigenvalue weighted by molar-refractivity contribution is 5.69. The lowest BCUT2D eigenvalue weighted by Crippen LogP contribution is -2.23. The van der Waals surface area contributed by atoms with Crippen molar-refractivity contribution < 1.29 is 14.6 Å². The lowest BCUT2D eigenvalue weighted by atomic mass is 10.2. The lowest BCUT2D eigenvalue weighted by Gasteiger charge is -2.19. The van der Waals surface area contributed by atoms with Crippen molar-refractivity contribution in [2.45, 2.75) is 59.0 Å². The Morgan fingerprint density at radius 1 is 1.39 bits per heavy atom. The summed E-state index contributed by atoms with van der Waals surface area (Å²) in [6.07, 6.45) is 4.48. The summed E-state index contributed by atoms with van der Waals surface area (Å²) in [5.74, 6) is 5.67. The van der Waals surface area contributed by atoms with Gasteiger partial charge in [0.25, 0.3) is 0 Å². The van der Waals surface area contributed by atoms with Crippen LogP contribution in [0.2, 0.25) is 0 Å². The van der Waals surface area contributed by atoms with E-state index in [2.05, 4.69) is 11.8 Å². The molecule has 0 saturated heterocycles. The molecule has 0 saturated carbocycles. The Kier molecular flexibility index (Phi) is 8.15. The Morgan fingerprint density at radius 3 is 2.56 bits per heavy atom. The van der Waals surface area contributed by atoms with E-state index in [0.29, 0.717) is 19.3 Å². The summed E-state index contributed by atoms with van der Waals surface area (Å²) in [6, 6.07) is 0. The molecule has 0 aliphatic rings. The number of carbonyl (C=O) groups is 1. The Labute approximate surface area is 110 Å². The number of allylic oxidation sites excluding steroid dienone is 1. The first-order valence-corrected chi connectivity index (χ1v) is 6.39. The Hall–Kier alpha value is -1.27. The van der Waals surface area contributed by atoms with Crippen molar-refractivity contribution in [3.63, 3.8) is 0 Å². The Bertz CT molecular complexity index is 337. The molecule has 0 aliphatic heterocycles. The Balaban J connectivity index is 3.90. The molecule has 0 fully saturated rings. The van der Waals surface area contributed by atoms with Crippen LogP contribution in [0.5, 0.6) is 0 Å². The van der Waals surface area contributed by atoms with Gasteiger partial charge in [-0.15, -0.1) is 0 Å². The number of hydrogen-bond acceptors (Lipinski definition) is 3. The van der Waals surface area contributed by atoms with Gasteiger partial charge in [0.2, 0.25) is 0 Å². The van der Waals surface area contributed by atoms with Gasteiger partial charge in [-0.1, -0.05) is 24.8 Å². The quantitative estimate of drug-likeness (QED) is 0.465. The third-order valence-corrected chi connectivity index (χ3v) is 1.97. The molecule has 0 aromatic rings. The number of esters is 1. The topological polar surface area (TPSA) is 46.5 Å². The van der Waals surface area contributed by atoms with Crippen molar-refractivity contribution >= 4 is 5.97 Å². The third kappa shape index (κ3) is 9.92. The zero-order valence-corrected chi connectivity index (χ0v) is 11.9. The van der Waals surface area contributed by atoms with E-state index in [0.717, 1.165) is 12.0 Å². The van der Waals surface area contributed by atoms with E-state index in [9.17, 15) is 4.79 Å². The molecule has 0 heterocycles. The third-order valence-electron chi connectivity index (χ3n) is 1.97. The van der Waals surface area contributed by atoms with E-state index in [1.165, 1.54) is 0 Å². The molecular weight excluding hydrogens is 228 g/mol. The smallest absolute Gasteiger partial charge is 0.306 e. The molecule has 0 aromatic carbocycles. The molecule has 3 heteroatoms. The molecule has 0 rings (SSSR count). The van der Waals surface area contributed by atoms with E-state index >= 15 is 0 Å². The fraction of sp³-hybridized carbons (Fsp3) is 0.667. The fourth-order valence-electron chi connectivity index (χ4n) is 1.29. The zero-order chi connectivity index (χ0) is 14.0. The monoisotopic (exact) mass is 252 g/mol. The van der Waals surface area contributed by atoms with Crippen LogP contribution >= 0.6 is 0 Å². The first kappa shape index (κ1) is 16.7. The fourth-order valence-corrected chi connectivity index (χ4v) is 1.29. The summed E-state index contributed by atoms with van der Waals surface area (Å²) in [6.45, 7) is 7.54. The van der Waals surface area contributed by atoms with Crippen LogP contribution in [0.25, 0.3) is 0 Å². The van der Waals surface area contributed by atoms with Gasteiger partial charge < -0.3 is 9.84 Å². The standard InChI is InChI=1S/C15H24O3/c1-5-9-13(12-16)10-7-6-8-11-14(17)18-15(2,3)4/h9,16H,5-6,8,11-12H2,1-4H3/b13-9+. The zero-order valence-electron chi connectivity index (χ0n) is 11.9. The van der Waals surface area contributed by atoms with Crippen molar-refractivity contribution in [3.8, 4) is 11.8 Å². The van der Waals surface area contributed by atoms with Crippen LogP contribution < -0.4 is 0 Å². The molecule has 0 bridgehead atoms. The van der Waals surface area contributed by atoms with Crippen LogP contribution in [0.15, 0.2) is 11.6 Å². The second kappa shape index (κ2) is 8.77. The van der Waals surface area contributed by atoms with Crippen molar-refractivity contribution in [2.24, 2.45) is 0 Å². The van der Waals surface area contributed by atoms with Gasteiger partial charge in [-0.2, -0.15) is 0 Å². The minimum atomic E-state index is -0.420. The van der Waals surface area contributed by atoms with Crippen LogP contribution in [0.1, 0.15) is 53.4 Å². The maximum absolute atomic E-state index is 11.4. The number of hydrogen-bond donors (Lipinski definition) is 1. The molecule has 3 nitrogen and oxygen atoms in total. The van der Waals surface area contributed by atoms with Crippen LogP contribution in [0, 0.1) is 11.8 Å². The molecule has 0 aromatic heterocycles. The van der Waals surface area contributed by atoms with Gasteiger partial charge in [0, 0.05) is 18.4 Å². The van der Waals surface area contributed by atoms with Gasteiger partial charge in [-0.3, -0.25) is 4.79 Å². The molecule has 0 unspecified atom stereocenters. The van der Waals surface area contributed by atoms with E-state index < -0.39 is 5.60 Å². The normalized spacial score (nSPS) is 11.7. The maximum atomic E-state index is 11.4. The maximum Gasteiger partial charge on any atom is 0.306 e. The van der Waals surface area contributed by atoms with Crippen LogP contribution in [0.3, 0.4) is 0 Å². The first-order chi connectivity index (χ1) is 8.39. The molecule has 0 spiro atoms. The van der Waals surface area contributed by atoms with Gasteiger partial charge in [0.1, 0.15) is 5.60 Å². The van der Waals surface area contributed by atoms with Crippen molar-refractivity contribution in [2.75, 3.05) is 6.61 Å². The minimum absolute atomic E-state index is 0.0209. The average molecular weight is 252 g/mol. The number of aliphatic hydroxyl groups excluding tert-OH is 1. The van der Waals surface area contributed by atoms with Crippen LogP contribution in [-0.4, -0.2) is 23.3 Å². The lowest BCUT2D eigenvalue weighted by molar-refractivity contribution is -0.154. The number of carbonyl (C=O) groups excluding carboxylic acids is 1. The molecule has 0 amide bonds. The number of aliphatic hydroxyl groups is 1. The van der Waals surface area contributed by atoms with Gasteiger partial charge in [0.05, 0.1) is 6.61 Å². The SMILES string of the molecule is CC/C=C(\C#CCCCC(=O)OC(C)(C)C)CO. The highest BCUT2D eigenvalue weighted by atomic mass is 16.6. The predicted molar refractivity (Wildman–Crippen MR) is 72.9 cm³/mol. The number of rotatable bonds is 5. The van der Waals surface area contributed by atoms with Crippen LogP contribution in [-0.2, 0) is 9.53 Å². The summed E-state index contributed by atoms with van der Waals surface area (Å²) in [4.78, 5) is 11.4. The van der Waals surface area contributed by atoms with Gasteiger partial charge >= 0.3 is 5.97 Å². The highest BCUT2D eigenvalue weighted by Crippen LogP contribution is 2.09. The molecule has 1 N–H and O–H groups in total. The summed E-state index contributed by atoms with van der Waals surface area (Å²) in [5.41, 5.74) is 0.325. The van der Waals surface area contributed by atoms with Crippen molar-refractivity contribution in [3.05, 3.63) is 11.6 Å². The molecular formula is C15H24O3. The largest absolute Gasteiger partial charge is 0.460 e. The minimum Gasteiger partial charge on any atom is -0.460 e. The summed E-state index contributed by atoms with van der Waals surface area (Å²) in [5, 5.41) is 8.98. The number of unbranched alkanes of at least 4 members (excludes halogenated alkanes) is 1. The number of ether oxygens (including phenoxy) is 1. The summed E-state index contributed by atoms with van der Waals surface area (Å²) >= 11 is 0.